The molecule has 0 bridgehead atoms. The zero-order valence-electron chi connectivity index (χ0n) is 21.6. The van der Waals surface area contributed by atoms with Gasteiger partial charge in [-0.3, -0.25) is 4.79 Å². The molecule has 1 atom stereocenters. The lowest BCUT2D eigenvalue weighted by Gasteiger charge is -2.15. The molecule has 0 radical (unpaired) electrons. The fraction of sp³-hybridized carbons (Fsp3) is 0.300. The predicted octanol–water partition coefficient (Wildman–Crippen LogP) is 5.96. The van der Waals surface area contributed by atoms with E-state index in [9.17, 15) is 28.3 Å². The maximum atomic E-state index is 13.9. The number of unbranched alkanes of at least 4 members (excludes halogenated alkanes) is 4. The number of carbonyl (C=O) groups is 3. The molecule has 0 aliphatic carbocycles. The number of hydrogen-bond acceptors (Lipinski definition) is 5. The van der Waals surface area contributed by atoms with E-state index in [4.69, 9.17) is 9.47 Å². The Morgan fingerprint density at radius 1 is 0.872 bits per heavy atom. The third kappa shape index (κ3) is 9.21. The van der Waals surface area contributed by atoms with Gasteiger partial charge in [0.2, 0.25) is 0 Å². The van der Waals surface area contributed by atoms with Crippen LogP contribution in [-0.2, 0) is 11.2 Å². The monoisotopic (exact) mass is 539 g/mol. The van der Waals surface area contributed by atoms with E-state index in [0.29, 0.717) is 29.5 Å². The second kappa shape index (κ2) is 14.6. The van der Waals surface area contributed by atoms with Crippen LogP contribution in [0.25, 0.3) is 0 Å². The summed E-state index contributed by atoms with van der Waals surface area (Å²) in [5.41, 5.74) is 0.261. The first-order chi connectivity index (χ1) is 18.8. The molecule has 206 valence electrons. The largest absolute Gasteiger partial charge is 0.494 e. The fourth-order valence-electron chi connectivity index (χ4n) is 3.79. The summed E-state index contributed by atoms with van der Waals surface area (Å²) in [6.45, 7) is 2.79. The molecule has 3 aromatic carbocycles. The summed E-state index contributed by atoms with van der Waals surface area (Å²) in [4.78, 5) is 36.5. The van der Waals surface area contributed by atoms with Gasteiger partial charge in [-0.1, -0.05) is 44.7 Å². The van der Waals surface area contributed by atoms with E-state index in [2.05, 4.69) is 12.2 Å². The molecule has 0 saturated carbocycles. The Labute approximate surface area is 225 Å². The Hall–Kier alpha value is -4.27. The number of halogens is 2. The number of amides is 1. The van der Waals surface area contributed by atoms with Crippen LogP contribution in [-0.4, -0.2) is 35.6 Å². The minimum Gasteiger partial charge on any atom is -0.494 e. The molecule has 3 aromatic rings. The highest BCUT2D eigenvalue weighted by atomic mass is 19.1. The molecule has 1 amide bonds. The van der Waals surface area contributed by atoms with Crippen LogP contribution in [0.5, 0.6) is 11.5 Å². The third-order valence-corrected chi connectivity index (χ3v) is 5.96. The van der Waals surface area contributed by atoms with Gasteiger partial charge in [0.1, 0.15) is 29.2 Å². The number of benzene rings is 3. The molecule has 0 aliphatic rings. The van der Waals surface area contributed by atoms with Crippen LogP contribution < -0.4 is 14.8 Å². The van der Waals surface area contributed by atoms with Crippen LogP contribution in [0.15, 0.2) is 66.7 Å². The van der Waals surface area contributed by atoms with Crippen molar-refractivity contribution < 1.29 is 37.7 Å². The van der Waals surface area contributed by atoms with Crippen LogP contribution >= 0.6 is 0 Å². The van der Waals surface area contributed by atoms with E-state index in [1.54, 1.807) is 36.4 Å². The molecule has 0 heterocycles. The van der Waals surface area contributed by atoms with E-state index in [1.165, 1.54) is 31.4 Å². The summed E-state index contributed by atoms with van der Waals surface area (Å²) in [6, 6.07) is 13.7. The van der Waals surface area contributed by atoms with Gasteiger partial charge in [0.25, 0.3) is 5.91 Å². The summed E-state index contributed by atoms with van der Waals surface area (Å²) in [6.07, 6.45) is 5.58. The van der Waals surface area contributed by atoms with Gasteiger partial charge < -0.3 is 19.9 Å². The zero-order chi connectivity index (χ0) is 28.2. The first-order valence-electron chi connectivity index (χ1n) is 12.8. The van der Waals surface area contributed by atoms with Crippen LogP contribution in [0.2, 0.25) is 0 Å². The van der Waals surface area contributed by atoms with E-state index >= 15 is 0 Å². The second-order valence-corrected chi connectivity index (χ2v) is 9.01. The van der Waals surface area contributed by atoms with Crippen molar-refractivity contribution in [2.75, 3.05) is 6.61 Å². The van der Waals surface area contributed by atoms with Crippen LogP contribution in [0.4, 0.5) is 8.78 Å². The molecule has 0 saturated heterocycles. The Morgan fingerprint density at radius 2 is 1.54 bits per heavy atom. The molecule has 2 N–H and O–H groups in total. The molecule has 0 aliphatic heterocycles. The fourth-order valence-corrected chi connectivity index (χ4v) is 3.79. The predicted molar refractivity (Wildman–Crippen MR) is 141 cm³/mol. The number of hydrogen-bond donors (Lipinski definition) is 2. The van der Waals surface area contributed by atoms with Crippen molar-refractivity contribution in [1.29, 1.82) is 0 Å². The lowest BCUT2D eigenvalue weighted by atomic mass is 10.0. The van der Waals surface area contributed by atoms with E-state index in [1.807, 2.05) is 0 Å². The minimum atomic E-state index is -1.40. The van der Waals surface area contributed by atoms with Gasteiger partial charge in [-0.25, -0.2) is 18.4 Å². The Balaban J connectivity index is 1.52. The van der Waals surface area contributed by atoms with Crippen LogP contribution in [0.1, 0.15) is 65.3 Å². The number of carbonyl (C=O) groups excluding carboxylic acids is 2. The average molecular weight is 540 g/mol. The SMILES string of the molecule is CCCCCCCOc1ccc(C(=O)Oc2ccc(CC(NC(=O)c3cc(F)ccc3F)C(=O)O)cc2)cc1. The molecule has 0 aromatic heterocycles. The highest BCUT2D eigenvalue weighted by Crippen LogP contribution is 2.18. The molecule has 39 heavy (non-hydrogen) atoms. The highest BCUT2D eigenvalue weighted by molar-refractivity contribution is 5.97. The molecule has 0 spiro atoms. The number of aliphatic carboxylic acids is 1. The van der Waals surface area contributed by atoms with Gasteiger partial charge in [0.15, 0.2) is 0 Å². The number of rotatable bonds is 14. The summed E-state index contributed by atoms with van der Waals surface area (Å²) >= 11 is 0. The smallest absolute Gasteiger partial charge is 0.343 e. The van der Waals surface area contributed by atoms with Crippen molar-refractivity contribution in [3.8, 4) is 11.5 Å². The van der Waals surface area contributed by atoms with Gasteiger partial charge in [0.05, 0.1) is 17.7 Å². The lowest BCUT2D eigenvalue weighted by molar-refractivity contribution is -0.139. The number of carboxylic acid groups (broad SMARTS) is 1. The third-order valence-electron chi connectivity index (χ3n) is 5.96. The van der Waals surface area contributed by atoms with Gasteiger partial charge in [-0.05, 0) is 66.6 Å². The summed E-state index contributed by atoms with van der Waals surface area (Å²) in [5.74, 6) is -3.84. The Morgan fingerprint density at radius 3 is 2.21 bits per heavy atom. The first-order valence-corrected chi connectivity index (χ1v) is 12.8. The molecule has 1 unspecified atom stereocenters. The normalized spacial score (nSPS) is 11.5. The number of esters is 1. The van der Waals surface area contributed by atoms with Gasteiger partial charge in [-0.15, -0.1) is 0 Å². The summed E-state index contributed by atoms with van der Waals surface area (Å²) in [7, 11) is 0. The standard InChI is InChI=1S/C30H31F2NO6/c1-2-3-4-5-6-17-38-23-14-9-21(10-15-23)30(37)39-24-12-7-20(8-13-24)18-27(29(35)36)33-28(34)25-19-22(31)11-16-26(25)32/h7-16,19,27H,2-6,17-18H2,1H3,(H,33,34)(H,35,36). The first kappa shape index (κ1) is 29.3. The van der Waals surface area contributed by atoms with E-state index in [0.717, 1.165) is 25.0 Å². The maximum Gasteiger partial charge on any atom is 0.343 e. The summed E-state index contributed by atoms with van der Waals surface area (Å²) in [5, 5.41) is 11.7. The number of carboxylic acids is 1. The molecule has 7 nitrogen and oxygen atoms in total. The van der Waals surface area contributed by atoms with Crippen molar-refractivity contribution in [3.05, 3.63) is 95.1 Å². The number of ether oxygens (including phenoxy) is 2. The molecule has 3 rings (SSSR count). The average Bonchev–Trinajstić information content (AvgIpc) is 2.92. The Bertz CT molecular complexity index is 1260. The summed E-state index contributed by atoms with van der Waals surface area (Å²) < 4.78 is 38.3. The second-order valence-electron chi connectivity index (χ2n) is 9.01. The van der Waals surface area contributed by atoms with Crippen LogP contribution in [0.3, 0.4) is 0 Å². The zero-order valence-corrected chi connectivity index (χ0v) is 21.6. The van der Waals surface area contributed by atoms with E-state index in [-0.39, 0.29) is 12.2 Å². The van der Waals surface area contributed by atoms with Crippen molar-refractivity contribution in [2.24, 2.45) is 0 Å². The van der Waals surface area contributed by atoms with Gasteiger partial charge in [-0.2, -0.15) is 0 Å². The number of nitrogens with one attached hydrogen (secondary N) is 1. The van der Waals surface area contributed by atoms with Crippen molar-refractivity contribution in [1.82, 2.24) is 5.32 Å². The maximum absolute atomic E-state index is 13.9. The van der Waals surface area contributed by atoms with Crippen molar-refractivity contribution in [2.45, 2.75) is 51.5 Å². The van der Waals surface area contributed by atoms with Crippen LogP contribution in [0, 0.1) is 11.6 Å². The van der Waals surface area contributed by atoms with Gasteiger partial charge in [0, 0.05) is 6.42 Å². The molecular formula is C30H31F2NO6. The van der Waals surface area contributed by atoms with E-state index < -0.39 is 41.1 Å². The van der Waals surface area contributed by atoms with Gasteiger partial charge >= 0.3 is 11.9 Å². The minimum absolute atomic E-state index is 0.133. The molecular weight excluding hydrogens is 508 g/mol. The lowest BCUT2D eigenvalue weighted by Crippen LogP contribution is -2.42. The van der Waals surface area contributed by atoms with Crippen molar-refractivity contribution >= 4 is 17.8 Å². The Kier molecular flexibility index (Phi) is 11.0. The molecule has 9 heteroatoms. The quantitative estimate of drug-likeness (QED) is 0.149. The van der Waals surface area contributed by atoms with Crippen molar-refractivity contribution in [3.63, 3.8) is 0 Å². The highest BCUT2D eigenvalue weighted by Gasteiger charge is 2.23. The topological polar surface area (TPSA) is 102 Å². The molecule has 0 fully saturated rings.